The highest BCUT2D eigenvalue weighted by molar-refractivity contribution is 6.30. The van der Waals surface area contributed by atoms with Crippen LogP contribution in [0, 0.1) is 29.5 Å². The summed E-state index contributed by atoms with van der Waals surface area (Å²) in [7, 11) is 0. The number of carbonyl (C=O) groups excluding carboxylic acids is 4. The van der Waals surface area contributed by atoms with Crippen molar-refractivity contribution >= 4 is 52.7 Å². The molecule has 2 aliphatic heterocycles. The minimum Gasteiger partial charge on any atom is -0.491 e. The first-order chi connectivity index (χ1) is 25.7. The van der Waals surface area contributed by atoms with E-state index in [-0.39, 0.29) is 37.9 Å². The summed E-state index contributed by atoms with van der Waals surface area (Å²) >= 11 is 6.38. The van der Waals surface area contributed by atoms with Gasteiger partial charge in [0.1, 0.15) is 18.2 Å². The number of halogens is 2. The minimum atomic E-state index is -1.56. The number of amides is 4. The van der Waals surface area contributed by atoms with E-state index in [0.29, 0.717) is 33.3 Å². The fraction of sp³-hybridized carbons (Fsp3) is 0.238. The molecular formula is C42H35ClFN3O6. The first-order valence-electron chi connectivity index (χ1n) is 17.5. The average molecular weight is 732 g/mol. The Morgan fingerprint density at radius 3 is 2.32 bits per heavy atom. The Labute approximate surface area is 310 Å². The number of allylic oxidation sites excluding steroid dienone is 2. The van der Waals surface area contributed by atoms with Crippen LogP contribution in [0.2, 0.25) is 5.02 Å². The highest BCUT2D eigenvalue weighted by Crippen LogP contribution is 2.65. The van der Waals surface area contributed by atoms with E-state index in [1.165, 1.54) is 29.2 Å². The molecule has 2 saturated heterocycles. The summed E-state index contributed by atoms with van der Waals surface area (Å²) in [5, 5.41) is 11.2. The molecule has 1 saturated carbocycles. The van der Waals surface area contributed by atoms with Gasteiger partial charge in [-0.2, -0.15) is 5.01 Å². The molecule has 2 aliphatic carbocycles. The van der Waals surface area contributed by atoms with E-state index in [1.807, 2.05) is 18.2 Å². The number of nitrogens with zero attached hydrogens (tertiary/aromatic N) is 2. The van der Waals surface area contributed by atoms with Gasteiger partial charge < -0.3 is 9.84 Å². The second-order valence-corrected chi connectivity index (χ2v) is 14.2. The summed E-state index contributed by atoms with van der Waals surface area (Å²) in [4.78, 5) is 60.1. The van der Waals surface area contributed by atoms with Gasteiger partial charge in [-0.3, -0.25) is 29.5 Å². The maximum absolute atomic E-state index is 15.3. The summed E-state index contributed by atoms with van der Waals surface area (Å²) in [6.07, 6.45) is 4.00. The zero-order valence-corrected chi connectivity index (χ0v) is 29.2. The SMILES string of the molecule is C=Cc1ccc(N2C(=O)C3CC=C4C(CC5C(=O)N(Nc6ccc(F)cc6)C(=O)C5(c5ccc(Cl)cc5)C4c4ccccc4OCCO)C3C2=O)cc1. The quantitative estimate of drug-likeness (QED) is 0.146. The molecule has 6 atom stereocenters. The number of hydrogen-bond donors (Lipinski definition) is 2. The van der Waals surface area contributed by atoms with Crippen LogP contribution in [0.15, 0.2) is 115 Å². The molecule has 9 nitrogen and oxygen atoms in total. The maximum Gasteiger partial charge on any atom is 0.260 e. The lowest BCUT2D eigenvalue weighted by Crippen LogP contribution is -2.53. The van der Waals surface area contributed by atoms with Gasteiger partial charge in [0.15, 0.2) is 0 Å². The molecule has 268 valence electrons. The number of benzene rings is 4. The predicted molar refractivity (Wildman–Crippen MR) is 197 cm³/mol. The van der Waals surface area contributed by atoms with Crippen LogP contribution >= 0.6 is 11.6 Å². The number of hydrogen-bond acceptors (Lipinski definition) is 7. The standard InChI is InChI=1S/C42H35ClFN3O6/c1-2-24-7-17-29(18-8-24)46-38(49)32-20-19-30-33(36(32)40(46)51)23-34-39(50)47(45-28-15-13-27(44)14-16-28)41(52)42(34,25-9-11-26(43)12-10-25)37(30)31-5-3-4-6-35(31)53-22-21-48/h2-19,32-34,36-37,45,48H,1,20-23H2. The summed E-state index contributed by atoms with van der Waals surface area (Å²) < 4.78 is 20.0. The molecule has 4 aromatic rings. The summed E-state index contributed by atoms with van der Waals surface area (Å²) in [5.41, 5.74) is 4.90. The molecular weight excluding hydrogens is 697 g/mol. The average Bonchev–Trinajstić information content (AvgIpc) is 3.56. The Bertz CT molecular complexity index is 2170. The van der Waals surface area contributed by atoms with E-state index in [4.69, 9.17) is 16.3 Å². The normalized spacial score (nSPS) is 26.2. The topological polar surface area (TPSA) is 116 Å². The number of carbonyl (C=O) groups is 4. The van der Waals surface area contributed by atoms with Gasteiger partial charge in [0.25, 0.3) is 11.8 Å². The van der Waals surface area contributed by atoms with Crippen molar-refractivity contribution in [3.63, 3.8) is 0 Å². The molecule has 0 bridgehead atoms. The molecule has 4 aliphatic rings. The van der Waals surface area contributed by atoms with Gasteiger partial charge in [0.2, 0.25) is 11.8 Å². The van der Waals surface area contributed by atoms with Crippen LogP contribution in [0.25, 0.3) is 6.08 Å². The Morgan fingerprint density at radius 2 is 1.62 bits per heavy atom. The zero-order chi connectivity index (χ0) is 37.0. The monoisotopic (exact) mass is 731 g/mol. The summed E-state index contributed by atoms with van der Waals surface area (Å²) in [5.74, 6) is -5.71. The fourth-order valence-corrected chi connectivity index (χ4v) is 9.15. The maximum atomic E-state index is 15.3. The third kappa shape index (κ3) is 5.38. The Hall–Kier alpha value is -5.58. The number of hydrazine groups is 1. The third-order valence-corrected chi connectivity index (χ3v) is 11.5. The molecule has 6 unspecified atom stereocenters. The molecule has 2 heterocycles. The smallest absolute Gasteiger partial charge is 0.260 e. The number of ether oxygens (including phenoxy) is 1. The molecule has 8 rings (SSSR count). The van der Waals surface area contributed by atoms with Crippen molar-refractivity contribution in [2.24, 2.45) is 23.7 Å². The lowest BCUT2D eigenvalue weighted by molar-refractivity contribution is -0.138. The first-order valence-corrected chi connectivity index (χ1v) is 17.9. The van der Waals surface area contributed by atoms with E-state index in [0.717, 1.165) is 16.1 Å². The van der Waals surface area contributed by atoms with Crippen LogP contribution in [-0.4, -0.2) is 47.0 Å². The predicted octanol–water partition coefficient (Wildman–Crippen LogP) is 6.68. The van der Waals surface area contributed by atoms with Crippen molar-refractivity contribution in [1.29, 1.82) is 0 Å². The number of imide groups is 2. The Morgan fingerprint density at radius 1 is 0.906 bits per heavy atom. The zero-order valence-electron chi connectivity index (χ0n) is 28.5. The second-order valence-electron chi connectivity index (χ2n) is 13.8. The first kappa shape index (κ1) is 34.5. The van der Waals surface area contributed by atoms with Gasteiger partial charge in [-0.05, 0) is 84.5 Å². The molecule has 2 N–H and O–H groups in total. The molecule has 11 heteroatoms. The van der Waals surface area contributed by atoms with E-state index in [9.17, 15) is 23.9 Å². The van der Waals surface area contributed by atoms with Crippen LogP contribution in [0.4, 0.5) is 15.8 Å². The van der Waals surface area contributed by atoms with Gasteiger partial charge in [0.05, 0.1) is 41.2 Å². The highest BCUT2D eigenvalue weighted by atomic mass is 35.5. The minimum absolute atomic E-state index is 0.0218. The number of aliphatic hydroxyl groups is 1. The van der Waals surface area contributed by atoms with Gasteiger partial charge in [-0.25, -0.2) is 4.39 Å². The number of anilines is 2. The summed E-state index contributed by atoms with van der Waals surface area (Å²) in [6, 6.07) is 26.4. The molecule has 4 aromatic carbocycles. The summed E-state index contributed by atoms with van der Waals surface area (Å²) in [6.45, 7) is 3.51. The van der Waals surface area contributed by atoms with Crippen molar-refractivity contribution in [2.45, 2.75) is 24.2 Å². The number of fused-ring (bicyclic) bond motifs is 4. The molecule has 4 amide bonds. The van der Waals surface area contributed by atoms with E-state index >= 15 is 4.79 Å². The molecule has 0 radical (unpaired) electrons. The van der Waals surface area contributed by atoms with Crippen molar-refractivity contribution in [1.82, 2.24) is 5.01 Å². The fourth-order valence-electron chi connectivity index (χ4n) is 9.02. The van der Waals surface area contributed by atoms with Crippen LogP contribution in [0.3, 0.4) is 0 Å². The number of para-hydroxylation sites is 1. The van der Waals surface area contributed by atoms with Crippen LogP contribution in [0.1, 0.15) is 35.4 Å². The van der Waals surface area contributed by atoms with Crippen molar-refractivity contribution in [3.8, 4) is 5.75 Å². The molecule has 0 aromatic heterocycles. The van der Waals surface area contributed by atoms with Crippen molar-refractivity contribution in [2.75, 3.05) is 23.5 Å². The largest absolute Gasteiger partial charge is 0.491 e. The third-order valence-electron chi connectivity index (χ3n) is 11.2. The molecule has 0 spiro atoms. The number of aliphatic hydroxyl groups excluding tert-OH is 1. The van der Waals surface area contributed by atoms with Gasteiger partial charge >= 0.3 is 0 Å². The molecule has 3 fully saturated rings. The lowest BCUT2D eigenvalue weighted by atomic mass is 9.49. The van der Waals surface area contributed by atoms with Crippen LogP contribution < -0.4 is 15.1 Å². The molecule has 53 heavy (non-hydrogen) atoms. The second kappa shape index (κ2) is 13.4. The van der Waals surface area contributed by atoms with Crippen LogP contribution in [-0.2, 0) is 24.6 Å². The van der Waals surface area contributed by atoms with Gasteiger partial charge in [-0.15, -0.1) is 0 Å². The van der Waals surface area contributed by atoms with Crippen molar-refractivity contribution in [3.05, 3.63) is 143 Å². The van der Waals surface area contributed by atoms with E-state index in [2.05, 4.69) is 12.0 Å². The Balaban J connectivity index is 1.32. The van der Waals surface area contributed by atoms with Gasteiger partial charge in [0, 0.05) is 16.5 Å². The Kier molecular flexibility index (Phi) is 8.75. The van der Waals surface area contributed by atoms with E-state index < -0.39 is 52.6 Å². The highest BCUT2D eigenvalue weighted by Gasteiger charge is 2.70. The lowest BCUT2D eigenvalue weighted by Gasteiger charge is -2.50. The number of rotatable bonds is 9. The van der Waals surface area contributed by atoms with Crippen molar-refractivity contribution < 1.29 is 33.4 Å². The van der Waals surface area contributed by atoms with E-state index in [1.54, 1.807) is 66.7 Å². The van der Waals surface area contributed by atoms with Gasteiger partial charge in [-0.1, -0.05) is 78.4 Å². The number of nitrogens with one attached hydrogen (secondary N) is 1. The van der Waals surface area contributed by atoms with Crippen LogP contribution in [0.5, 0.6) is 5.75 Å².